The first-order chi connectivity index (χ1) is 6.81. The summed E-state index contributed by atoms with van der Waals surface area (Å²) in [7, 11) is 1.82. The van der Waals surface area contributed by atoms with Crippen molar-refractivity contribution in [2.75, 3.05) is 13.6 Å². The van der Waals surface area contributed by atoms with Gasteiger partial charge in [0.05, 0.1) is 0 Å². The highest BCUT2D eigenvalue weighted by Crippen LogP contribution is 2.04. The van der Waals surface area contributed by atoms with Crippen LogP contribution in [0.3, 0.4) is 0 Å². The van der Waals surface area contributed by atoms with Gasteiger partial charge in [0, 0.05) is 26.9 Å². The van der Waals surface area contributed by atoms with Crippen molar-refractivity contribution >= 4 is 6.41 Å². The van der Waals surface area contributed by atoms with Crippen LogP contribution in [0.5, 0.6) is 0 Å². The Balaban J connectivity index is 3.05. The molecule has 0 bridgehead atoms. The summed E-state index contributed by atoms with van der Waals surface area (Å²) in [5.74, 6) is 5.60. The van der Waals surface area contributed by atoms with Crippen molar-refractivity contribution in [3.63, 3.8) is 0 Å². The van der Waals surface area contributed by atoms with E-state index in [2.05, 4.69) is 18.8 Å². The fourth-order valence-corrected chi connectivity index (χ4v) is 1.25. The van der Waals surface area contributed by atoms with Crippen LogP contribution in [0.2, 0.25) is 0 Å². The van der Waals surface area contributed by atoms with E-state index in [0.717, 1.165) is 25.8 Å². The molecule has 0 aromatic heterocycles. The van der Waals surface area contributed by atoms with Gasteiger partial charge in [-0.1, -0.05) is 19.3 Å². The first-order valence-electron chi connectivity index (χ1n) is 5.21. The molecule has 0 aromatic rings. The van der Waals surface area contributed by atoms with E-state index in [-0.39, 0.29) is 0 Å². The summed E-state index contributed by atoms with van der Waals surface area (Å²) in [5, 5.41) is 0. The monoisotopic (exact) mass is 194 g/mol. The molecule has 0 aliphatic rings. The Kier molecular flexibility index (Phi) is 9.41. The van der Waals surface area contributed by atoms with Gasteiger partial charge in [0.1, 0.15) is 0 Å². The third-order valence-corrected chi connectivity index (χ3v) is 2.12. The van der Waals surface area contributed by atoms with Gasteiger partial charge in [-0.3, -0.25) is 4.79 Å². The van der Waals surface area contributed by atoms with E-state index in [9.17, 15) is 4.79 Å². The minimum Gasteiger partial charge on any atom is -0.348 e. The SMILES string of the molecule is [CH2]C#CCCCCCCCN(C)C=O. The normalized spacial score (nSPS) is 9.00. The van der Waals surface area contributed by atoms with Crippen molar-refractivity contribution in [1.29, 1.82) is 0 Å². The van der Waals surface area contributed by atoms with Crippen LogP contribution in [-0.4, -0.2) is 24.9 Å². The second-order valence-electron chi connectivity index (χ2n) is 3.46. The predicted octanol–water partition coefficient (Wildman–Crippen LogP) is 2.25. The zero-order valence-corrected chi connectivity index (χ0v) is 9.09. The van der Waals surface area contributed by atoms with Gasteiger partial charge in [-0.15, -0.1) is 11.8 Å². The van der Waals surface area contributed by atoms with Crippen molar-refractivity contribution in [3.8, 4) is 11.8 Å². The fourth-order valence-electron chi connectivity index (χ4n) is 1.25. The van der Waals surface area contributed by atoms with E-state index in [1.54, 1.807) is 4.90 Å². The van der Waals surface area contributed by atoms with Crippen LogP contribution in [0.4, 0.5) is 0 Å². The Bertz CT molecular complexity index is 190. The lowest BCUT2D eigenvalue weighted by Crippen LogP contribution is -2.16. The van der Waals surface area contributed by atoms with Crippen LogP contribution in [-0.2, 0) is 4.79 Å². The molecular formula is C12H20NO. The number of rotatable bonds is 8. The first-order valence-corrected chi connectivity index (χ1v) is 5.21. The molecule has 0 spiro atoms. The molecule has 0 rings (SSSR count). The summed E-state index contributed by atoms with van der Waals surface area (Å²) in [4.78, 5) is 11.9. The molecule has 2 nitrogen and oxygen atoms in total. The summed E-state index contributed by atoms with van der Waals surface area (Å²) < 4.78 is 0. The maximum atomic E-state index is 10.2. The number of carbonyl (C=O) groups excluding carboxylic acids is 1. The number of hydrogen-bond donors (Lipinski definition) is 0. The van der Waals surface area contributed by atoms with Gasteiger partial charge in [0.25, 0.3) is 0 Å². The highest BCUT2D eigenvalue weighted by atomic mass is 16.1. The Morgan fingerprint density at radius 2 is 1.86 bits per heavy atom. The molecule has 0 aliphatic carbocycles. The van der Waals surface area contributed by atoms with Gasteiger partial charge < -0.3 is 4.90 Å². The molecule has 0 aromatic carbocycles. The number of amides is 1. The lowest BCUT2D eigenvalue weighted by Gasteiger charge is -2.09. The quantitative estimate of drug-likeness (QED) is 0.330. The smallest absolute Gasteiger partial charge is 0.209 e. The average Bonchev–Trinajstić information content (AvgIpc) is 2.21. The van der Waals surface area contributed by atoms with Gasteiger partial charge in [0.2, 0.25) is 6.41 Å². The number of hydrogen-bond acceptors (Lipinski definition) is 1. The second-order valence-corrected chi connectivity index (χ2v) is 3.46. The Hall–Kier alpha value is -0.970. The molecule has 0 fully saturated rings. The van der Waals surface area contributed by atoms with E-state index < -0.39 is 0 Å². The summed E-state index contributed by atoms with van der Waals surface area (Å²) in [6, 6.07) is 0. The summed E-state index contributed by atoms with van der Waals surface area (Å²) in [6.07, 6.45) is 7.81. The third kappa shape index (κ3) is 9.12. The van der Waals surface area contributed by atoms with E-state index in [0.29, 0.717) is 0 Å². The highest BCUT2D eigenvalue weighted by Gasteiger charge is 1.93. The fraction of sp³-hybridized carbons (Fsp3) is 0.667. The first kappa shape index (κ1) is 13.0. The van der Waals surface area contributed by atoms with Crippen molar-refractivity contribution in [2.45, 2.75) is 38.5 Å². The molecular weight excluding hydrogens is 174 g/mol. The van der Waals surface area contributed by atoms with E-state index in [4.69, 9.17) is 0 Å². The molecule has 0 aliphatic heterocycles. The average molecular weight is 194 g/mol. The standard InChI is InChI=1S/C12H20NO/c1-3-4-5-6-7-8-9-10-11-13(2)12-14/h12H,1,5-11H2,2H3. The summed E-state index contributed by atoms with van der Waals surface area (Å²) in [6.45, 7) is 4.34. The summed E-state index contributed by atoms with van der Waals surface area (Å²) in [5.41, 5.74) is 0. The lowest BCUT2D eigenvalue weighted by atomic mass is 10.1. The zero-order chi connectivity index (χ0) is 10.6. The molecule has 79 valence electrons. The van der Waals surface area contributed by atoms with Crippen molar-refractivity contribution < 1.29 is 4.79 Å². The van der Waals surface area contributed by atoms with Crippen LogP contribution in [0.25, 0.3) is 0 Å². The minimum atomic E-state index is 0.877. The van der Waals surface area contributed by atoms with Crippen LogP contribution >= 0.6 is 0 Å². The van der Waals surface area contributed by atoms with Crippen LogP contribution in [0, 0.1) is 18.8 Å². The Morgan fingerprint density at radius 1 is 1.21 bits per heavy atom. The zero-order valence-electron chi connectivity index (χ0n) is 9.09. The molecule has 1 radical (unpaired) electrons. The van der Waals surface area contributed by atoms with Gasteiger partial charge >= 0.3 is 0 Å². The van der Waals surface area contributed by atoms with E-state index in [1.807, 2.05) is 7.05 Å². The molecule has 14 heavy (non-hydrogen) atoms. The topological polar surface area (TPSA) is 20.3 Å². The van der Waals surface area contributed by atoms with E-state index in [1.165, 1.54) is 25.7 Å². The number of nitrogens with zero attached hydrogens (tertiary/aromatic N) is 1. The molecule has 0 unspecified atom stereocenters. The molecule has 2 heteroatoms. The highest BCUT2D eigenvalue weighted by molar-refractivity contribution is 5.46. The molecule has 0 saturated heterocycles. The maximum Gasteiger partial charge on any atom is 0.209 e. The number of carbonyl (C=O) groups is 1. The largest absolute Gasteiger partial charge is 0.348 e. The van der Waals surface area contributed by atoms with Gasteiger partial charge in [-0.05, 0) is 12.8 Å². The predicted molar refractivity (Wildman–Crippen MR) is 59.5 cm³/mol. The molecule has 0 N–H and O–H groups in total. The Labute approximate surface area is 87.7 Å². The molecule has 0 atom stereocenters. The van der Waals surface area contributed by atoms with Gasteiger partial charge in [-0.25, -0.2) is 0 Å². The molecule has 0 saturated carbocycles. The number of unbranched alkanes of at least 4 members (excludes halogenated alkanes) is 5. The van der Waals surface area contributed by atoms with Crippen molar-refractivity contribution in [2.24, 2.45) is 0 Å². The maximum absolute atomic E-state index is 10.2. The van der Waals surface area contributed by atoms with E-state index >= 15 is 0 Å². The lowest BCUT2D eigenvalue weighted by molar-refractivity contribution is -0.117. The van der Waals surface area contributed by atoms with Crippen LogP contribution < -0.4 is 0 Å². The second kappa shape index (κ2) is 10.1. The van der Waals surface area contributed by atoms with Crippen LogP contribution in [0.1, 0.15) is 38.5 Å². The minimum absolute atomic E-state index is 0.877. The Morgan fingerprint density at radius 3 is 2.50 bits per heavy atom. The van der Waals surface area contributed by atoms with Crippen molar-refractivity contribution in [1.82, 2.24) is 4.90 Å². The van der Waals surface area contributed by atoms with Gasteiger partial charge in [-0.2, -0.15) is 0 Å². The van der Waals surface area contributed by atoms with Gasteiger partial charge in [0.15, 0.2) is 0 Å². The molecule has 0 heterocycles. The van der Waals surface area contributed by atoms with Crippen molar-refractivity contribution in [3.05, 3.63) is 6.92 Å². The molecule has 1 amide bonds. The van der Waals surface area contributed by atoms with Crippen LogP contribution in [0.15, 0.2) is 0 Å². The third-order valence-electron chi connectivity index (χ3n) is 2.12. The summed E-state index contributed by atoms with van der Waals surface area (Å²) >= 11 is 0.